The number of fused-ring (bicyclic) bond motifs is 1. The molecule has 1 aromatic heterocycles. The van der Waals surface area contributed by atoms with Crippen molar-refractivity contribution in [2.45, 2.75) is 32.5 Å². The molecule has 8 heteroatoms. The fourth-order valence-corrected chi connectivity index (χ4v) is 2.39. The molecule has 2 heterocycles. The fraction of sp³-hybridized carbons (Fsp3) is 0.467. The van der Waals surface area contributed by atoms with Gasteiger partial charge >= 0.3 is 5.69 Å². The Bertz CT molecular complexity index is 728. The zero-order valence-electron chi connectivity index (χ0n) is 12.9. The third kappa shape index (κ3) is 3.31. The molecule has 0 amide bonds. The normalized spacial score (nSPS) is 17.6. The highest BCUT2D eigenvalue weighted by atomic mass is 16.6. The van der Waals surface area contributed by atoms with Crippen molar-refractivity contribution in [3.05, 3.63) is 28.6 Å². The second kappa shape index (κ2) is 6.33. The molecular weight excluding hydrogens is 302 g/mol. The van der Waals surface area contributed by atoms with Crippen LogP contribution in [0.15, 0.2) is 18.5 Å². The zero-order chi connectivity index (χ0) is 16.4. The second-order valence-corrected chi connectivity index (χ2v) is 5.54. The van der Waals surface area contributed by atoms with Gasteiger partial charge in [-0.1, -0.05) is 0 Å². The van der Waals surface area contributed by atoms with Gasteiger partial charge in [0.25, 0.3) is 0 Å². The second-order valence-electron chi connectivity index (χ2n) is 5.54. The van der Waals surface area contributed by atoms with Gasteiger partial charge in [-0.2, -0.15) is 0 Å². The minimum atomic E-state index is -0.475. The van der Waals surface area contributed by atoms with Crippen LogP contribution in [0.4, 0.5) is 5.69 Å². The molecule has 1 aromatic carbocycles. The van der Waals surface area contributed by atoms with Gasteiger partial charge < -0.3 is 14.2 Å². The van der Waals surface area contributed by atoms with E-state index in [-0.39, 0.29) is 23.6 Å². The number of rotatable bonds is 5. The number of aromatic nitrogens is 2. The molecular formula is C15H17N3O5. The van der Waals surface area contributed by atoms with Crippen LogP contribution in [0, 0.1) is 10.1 Å². The first-order valence-electron chi connectivity index (χ1n) is 7.39. The van der Waals surface area contributed by atoms with Crippen LogP contribution in [0.1, 0.15) is 20.3 Å². The highest BCUT2D eigenvalue weighted by Gasteiger charge is 2.24. The summed E-state index contributed by atoms with van der Waals surface area (Å²) in [5, 5.41) is 11.9. The molecule has 3 rings (SSSR count). The number of nitro groups is 1. The average Bonchev–Trinajstić information content (AvgIpc) is 2.99. The largest absolute Gasteiger partial charge is 0.481 e. The van der Waals surface area contributed by atoms with E-state index in [2.05, 4.69) is 9.97 Å². The summed E-state index contributed by atoms with van der Waals surface area (Å²) in [5.74, 6) is 0.510. The molecule has 1 aliphatic heterocycles. The van der Waals surface area contributed by atoms with E-state index in [0.29, 0.717) is 36.4 Å². The van der Waals surface area contributed by atoms with Crippen LogP contribution in [0.5, 0.6) is 11.6 Å². The minimum Gasteiger partial charge on any atom is -0.481 e. The molecule has 23 heavy (non-hydrogen) atoms. The van der Waals surface area contributed by atoms with Gasteiger partial charge in [-0.15, -0.1) is 0 Å². The Hall–Kier alpha value is -2.48. The Labute approximate surface area is 132 Å². The lowest BCUT2D eigenvalue weighted by Gasteiger charge is -2.14. The van der Waals surface area contributed by atoms with Crippen LogP contribution in [-0.4, -0.2) is 40.3 Å². The summed E-state index contributed by atoms with van der Waals surface area (Å²) in [6, 6.07) is 2.96. The van der Waals surface area contributed by atoms with E-state index in [0.717, 1.165) is 0 Å². The number of nitrogens with zero attached hydrogens (tertiary/aromatic N) is 3. The molecule has 1 saturated heterocycles. The summed E-state index contributed by atoms with van der Waals surface area (Å²) in [4.78, 5) is 19.1. The molecule has 0 N–H and O–H groups in total. The molecule has 1 atom stereocenters. The lowest BCUT2D eigenvalue weighted by Crippen LogP contribution is -2.16. The Kier molecular flexibility index (Phi) is 4.24. The molecule has 1 aliphatic rings. The van der Waals surface area contributed by atoms with Gasteiger partial charge in [0.15, 0.2) is 5.75 Å². The fourth-order valence-electron chi connectivity index (χ4n) is 2.39. The van der Waals surface area contributed by atoms with E-state index >= 15 is 0 Å². The SMILES string of the molecule is CC(C)Oc1ncnc2cc(O[C@H]3CCOC3)c([N+](=O)[O-])cc12. The van der Waals surface area contributed by atoms with Crippen LogP contribution in [0.3, 0.4) is 0 Å². The lowest BCUT2D eigenvalue weighted by atomic mass is 10.2. The van der Waals surface area contributed by atoms with Gasteiger partial charge in [-0.05, 0) is 13.8 Å². The monoisotopic (exact) mass is 319 g/mol. The van der Waals surface area contributed by atoms with Gasteiger partial charge in [0.1, 0.15) is 12.4 Å². The highest BCUT2D eigenvalue weighted by Crippen LogP contribution is 2.35. The molecule has 0 spiro atoms. The van der Waals surface area contributed by atoms with Crippen molar-refractivity contribution < 1.29 is 19.1 Å². The summed E-state index contributed by atoms with van der Waals surface area (Å²) >= 11 is 0. The number of benzene rings is 1. The van der Waals surface area contributed by atoms with E-state index in [1.807, 2.05) is 13.8 Å². The number of nitro benzene ring substituents is 1. The van der Waals surface area contributed by atoms with Crippen molar-refractivity contribution >= 4 is 16.6 Å². The van der Waals surface area contributed by atoms with E-state index in [4.69, 9.17) is 14.2 Å². The van der Waals surface area contributed by atoms with Crippen LogP contribution < -0.4 is 9.47 Å². The molecule has 0 unspecified atom stereocenters. The summed E-state index contributed by atoms with van der Waals surface area (Å²) < 4.78 is 16.6. The third-order valence-electron chi connectivity index (χ3n) is 3.41. The molecule has 0 aliphatic carbocycles. The van der Waals surface area contributed by atoms with Crippen molar-refractivity contribution in [2.75, 3.05) is 13.2 Å². The van der Waals surface area contributed by atoms with Crippen molar-refractivity contribution in [1.82, 2.24) is 9.97 Å². The maximum absolute atomic E-state index is 11.4. The molecule has 0 bridgehead atoms. The molecule has 2 aromatic rings. The van der Waals surface area contributed by atoms with Crippen LogP contribution in [0.25, 0.3) is 10.9 Å². The molecule has 0 radical (unpaired) electrons. The number of ether oxygens (including phenoxy) is 3. The Morgan fingerprint density at radius 1 is 1.39 bits per heavy atom. The van der Waals surface area contributed by atoms with Crippen LogP contribution in [0.2, 0.25) is 0 Å². The Morgan fingerprint density at radius 3 is 2.87 bits per heavy atom. The summed E-state index contributed by atoms with van der Waals surface area (Å²) in [6.07, 6.45) is 1.80. The maximum atomic E-state index is 11.4. The summed E-state index contributed by atoms with van der Waals surface area (Å²) in [5.41, 5.74) is 0.406. The zero-order valence-corrected chi connectivity index (χ0v) is 12.9. The summed E-state index contributed by atoms with van der Waals surface area (Å²) in [7, 11) is 0. The quantitative estimate of drug-likeness (QED) is 0.617. The van der Waals surface area contributed by atoms with E-state index in [9.17, 15) is 10.1 Å². The van der Waals surface area contributed by atoms with Gasteiger partial charge in [-0.25, -0.2) is 9.97 Å². The van der Waals surface area contributed by atoms with Crippen LogP contribution in [-0.2, 0) is 4.74 Å². The van der Waals surface area contributed by atoms with E-state index in [1.165, 1.54) is 12.4 Å². The first kappa shape index (κ1) is 15.4. The molecule has 8 nitrogen and oxygen atoms in total. The Morgan fingerprint density at radius 2 is 2.22 bits per heavy atom. The van der Waals surface area contributed by atoms with Crippen molar-refractivity contribution in [3.8, 4) is 11.6 Å². The van der Waals surface area contributed by atoms with Gasteiger partial charge in [-0.3, -0.25) is 10.1 Å². The standard InChI is InChI=1S/C15H17N3O5/c1-9(2)22-15-11-5-13(18(19)20)14(6-12(11)16-8-17-15)23-10-3-4-21-7-10/h5-6,8-10H,3-4,7H2,1-2H3/t10-/m0/s1. The van der Waals surface area contributed by atoms with Crippen LogP contribution >= 0.6 is 0 Å². The molecule has 1 fully saturated rings. The van der Waals surface area contributed by atoms with Crippen molar-refractivity contribution in [3.63, 3.8) is 0 Å². The predicted octanol–water partition coefficient (Wildman–Crippen LogP) is 2.49. The van der Waals surface area contributed by atoms with E-state index in [1.54, 1.807) is 6.07 Å². The molecule has 122 valence electrons. The van der Waals surface area contributed by atoms with Crippen molar-refractivity contribution in [1.29, 1.82) is 0 Å². The Balaban J connectivity index is 2.06. The van der Waals surface area contributed by atoms with Gasteiger partial charge in [0.2, 0.25) is 5.88 Å². The first-order valence-corrected chi connectivity index (χ1v) is 7.39. The average molecular weight is 319 g/mol. The number of hydrogen-bond acceptors (Lipinski definition) is 7. The molecule has 0 saturated carbocycles. The third-order valence-corrected chi connectivity index (χ3v) is 3.41. The van der Waals surface area contributed by atoms with E-state index < -0.39 is 4.92 Å². The van der Waals surface area contributed by atoms with Gasteiger partial charge in [0, 0.05) is 18.6 Å². The summed E-state index contributed by atoms with van der Waals surface area (Å²) in [6.45, 7) is 4.75. The first-order chi connectivity index (χ1) is 11.0. The number of hydrogen-bond donors (Lipinski definition) is 0. The minimum absolute atomic E-state index is 0.0984. The van der Waals surface area contributed by atoms with Gasteiger partial charge in [0.05, 0.1) is 35.1 Å². The van der Waals surface area contributed by atoms with Crippen molar-refractivity contribution in [2.24, 2.45) is 0 Å². The topological polar surface area (TPSA) is 96.6 Å². The highest BCUT2D eigenvalue weighted by molar-refractivity contribution is 5.87. The smallest absolute Gasteiger partial charge is 0.311 e. The maximum Gasteiger partial charge on any atom is 0.311 e. The predicted molar refractivity (Wildman–Crippen MR) is 81.8 cm³/mol. The lowest BCUT2D eigenvalue weighted by molar-refractivity contribution is -0.385.